The lowest BCUT2D eigenvalue weighted by atomic mass is 9.99. The Kier molecular flexibility index (Phi) is 4.97. The van der Waals surface area contributed by atoms with Gasteiger partial charge in [-0.2, -0.15) is 0 Å². The van der Waals surface area contributed by atoms with Crippen LogP contribution in [0.25, 0.3) is 0 Å². The highest BCUT2D eigenvalue weighted by molar-refractivity contribution is 5.24. The molecule has 3 nitrogen and oxygen atoms in total. The Bertz CT molecular complexity index is 382. The molecule has 1 aliphatic rings. The molecule has 0 saturated carbocycles. The minimum absolute atomic E-state index is 0.141. The molecule has 2 rings (SSSR count). The summed E-state index contributed by atoms with van der Waals surface area (Å²) in [5.41, 5.74) is 2.51. The van der Waals surface area contributed by atoms with Crippen LogP contribution in [0.3, 0.4) is 0 Å². The number of hydrogen-bond donors (Lipinski definition) is 1. The van der Waals surface area contributed by atoms with Crippen LogP contribution in [0.15, 0.2) is 24.3 Å². The highest BCUT2D eigenvalue weighted by Gasteiger charge is 2.35. The first kappa shape index (κ1) is 14.5. The van der Waals surface area contributed by atoms with Gasteiger partial charge >= 0.3 is 0 Å². The summed E-state index contributed by atoms with van der Waals surface area (Å²) in [4.78, 5) is 0. The maximum atomic E-state index is 5.66. The predicted molar refractivity (Wildman–Crippen MR) is 77.4 cm³/mol. The van der Waals surface area contributed by atoms with E-state index in [0.29, 0.717) is 12.6 Å². The molecule has 1 aliphatic heterocycles. The van der Waals surface area contributed by atoms with Crippen LogP contribution in [0.5, 0.6) is 0 Å². The number of hydrogen-bond acceptors (Lipinski definition) is 3. The van der Waals surface area contributed by atoms with E-state index in [2.05, 4.69) is 43.4 Å². The standard InChI is InChI=1S/C16H25NO2/c1-4-15(14-7-5-13(2)6-8-14)17-11-16(18-3)9-10-19-12-16/h5-8,15,17H,4,9-12H2,1-3H3. The molecule has 1 heterocycles. The van der Waals surface area contributed by atoms with E-state index >= 15 is 0 Å². The van der Waals surface area contributed by atoms with Crippen molar-refractivity contribution in [2.45, 2.75) is 38.3 Å². The summed E-state index contributed by atoms with van der Waals surface area (Å²) < 4.78 is 11.1. The van der Waals surface area contributed by atoms with Gasteiger partial charge in [-0.05, 0) is 18.9 Å². The molecule has 0 radical (unpaired) electrons. The third kappa shape index (κ3) is 3.56. The van der Waals surface area contributed by atoms with E-state index < -0.39 is 0 Å². The zero-order valence-corrected chi connectivity index (χ0v) is 12.2. The van der Waals surface area contributed by atoms with Crippen molar-refractivity contribution in [3.05, 3.63) is 35.4 Å². The van der Waals surface area contributed by atoms with Crippen LogP contribution in [0.2, 0.25) is 0 Å². The molecule has 0 spiro atoms. The normalized spacial score (nSPS) is 24.6. The minimum atomic E-state index is -0.141. The van der Waals surface area contributed by atoms with Crippen LogP contribution >= 0.6 is 0 Å². The Morgan fingerprint density at radius 2 is 2.11 bits per heavy atom. The molecule has 19 heavy (non-hydrogen) atoms. The van der Waals surface area contributed by atoms with Gasteiger partial charge in [-0.25, -0.2) is 0 Å². The third-order valence-electron chi connectivity index (χ3n) is 4.06. The summed E-state index contributed by atoms with van der Waals surface area (Å²) >= 11 is 0. The number of nitrogens with one attached hydrogen (secondary N) is 1. The van der Waals surface area contributed by atoms with Gasteiger partial charge in [-0.3, -0.25) is 0 Å². The average Bonchev–Trinajstić information content (AvgIpc) is 2.91. The van der Waals surface area contributed by atoms with Crippen molar-refractivity contribution in [3.63, 3.8) is 0 Å². The van der Waals surface area contributed by atoms with Gasteiger partial charge in [-0.15, -0.1) is 0 Å². The van der Waals surface area contributed by atoms with Crippen LogP contribution in [0.1, 0.15) is 36.9 Å². The Balaban J connectivity index is 1.97. The molecule has 2 atom stereocenters. The van der Waals surface area contributed by atoms with E-state index in [1.165, 1.54) is 11.1 Å². The van der Waals surface area contributed by atoms with Crippen molar-refractivity contribution in [3.8, 4) is 0 Å². The molecule has 0 amide bonds. The van der Waals surface area contributed by atoms with Gasteiger partial charge in [0.15, 0.2) is 0 Å². The van der Waals surface area contributed by atoms with Crippen molar-refractivity contribution in [1.29, 1.82) is 0 Å². The average molecular weight is 263 g/mol. The van der Waals surface area contributed by atoms with Crippen molar-refractivity contribution < 1.29 is 9.47 Å². The summed E-state index contributed by atoms with van der Waals surface area (Å²) in [6.45, 7) is 6.67. The summed E-state index contributed by atoms with van der Waals surface area (Å²) in [7, 11) is 1.78. The SMILES string of the molecule is CCC(NCC1(OC)CCOC1)c1ccc(C)cc1. The summed E-state index contributed by atoms with van der Waals surface area (Å²) in [5, 5.41) is 3.63. The van der Waals surface area contributed by atoms with Crippen LogP contribution in [-0.2, 0) is 9.47 Å². The van der Waals surface area contributed by atoms with Crippen molar-refractivity contribution in [1.82, 2.24) is 5.32 Å². The highest BCUT2D eigenvalue weighted by Crippen LogP contribution is 2.24. The van der Waals surface area contributed by atoms with Gasteiger partial charge in [0.25, 0.3) is 0 Å². The smallest absolute Gasteiger partial charge is 0.106 e. The number of methoxy groups -OCH3 is 1. The largest absolute Gasteiger partial charge is 0.378 e. The Morgan fingerprint density at radius 1 is 1.37 bits per heavy atom. The second kappa shape index (κ2) is 6.51. The zero-order chi connectivity index (χ0) is 13.7. The maximum Gasteiger partial charge on any atom is 0.106 e. The summed E-state index contributed by atoms with van der Waals surface area (Å²) in [6, 6.07) is 9.14. The van der Waals surface area contributed by atoms with Crippen LogP contribution in [0.4, 0.5) is 0 Å². The van der Waals surface area contributed by atoms with Crippen molar-refractivity contribution in [2.24, 2.45) is 0 Å². The fourth-order valence-electron chi connectivity index (χ4n) is 2.57. The fourth-order valence-corrected chi connectivity index (χ4v) is 2.57. The van der Waals surface area contributed by atoms with E-state index in [-0.39, 0.29) is 5.60 Å². The van der Waals surface area contributed by atoms with E-state index in [1.807, 2.05) is 0 Å². The lowest BCUT2D eigenvalue weighted by Crippen LogP contribution is -2.44. The van der Waals surface area contributed by atoms with E-state index in [0.717, 1.165) is 26.0 Å². The lowest BCUT2D eigenvalue weighted by Gasteiger charge is -2.29. The molecule has 2 unspecified atom stereocenters. The second-order valence-electron chi connectivity index (χ2n) is 5.44. The van der Waals surface area contributed by atoms with Gasteiger partial charge in [-0.1, -0.05) is 36.8 Å². The number of aryl methyl sites for hydroxylation is 1. The topological polar surface area (TPSA) is 30.5 Å². The summed E-state index contributed by atoms with van der Waals surface area (Å²) in [6.07, 6.45) is 2.05. The Morgan fingerprint density at radius 3 is 2.63 bits per heavy atom. The molecular weight excluding hydrogens is 238 g/mol. The molecule has 1 fully saturated rings. The zero-order valence-electron chi connectivity index (χ0n) is 12.2. The van der Waals surface area contributed by atoms with Crippen molar-refractivity contribution in [2.75, 3.05) is 26.9 Å². The molecule has 1 aromatic carbocycles. The first-order valence-corrected chi connectivity index (χ1v) is 7.12. The minimum Gasteiger partial charge on any atom is -0.378 e. The molecule has 106 valence electrons. The Labute approximate surface area is 116 Å². The summed E-state index contributed by atoms with van der Waals surface area (Å²) in [5.74, 6) is 0. The van der Waals surface area contributed by atoms with Crippen molar-refractivity contribution >= 4 is 0 Å². The van der Waals surface area contributed by atoms with Gasteiger partial charge in [0.1, 0.15) is 5.60 Å². The van der Waals surface area contributed by atoms with Crippen LogP contribution < -0.4 is 5.32 Å². The first-order chi connectivity index (χ1) is 9.19. The molecule has 3 heteroatoms. The molecule has 1 aromatic rings. The third-order valence-corrected chi connectivity index (χ3v) is 4.06. The molecule has 1 saturated heterocycles. The maximum absolute atomic E-state index is 5.66. The molecule has 1 N–H and O–H groups in total. The van der Waals surface area contributed by atoms with Gasteiger partial charge in [0.05, 0.1) is 6.61 Å². The first-order valence-electron chi connectivity index (χ1n) is 7.12. The van der Waals surface area contributed by atoms with E-state index in [9.17, 15) is 0 Å². The van der Waals surface area contributed by atoms with Gasteiger partial charge in [0, 0.05) is 32.7 Å². The van der Waals surface area contributed by atoms with Crippen LogP contribution in [-0.4, -0.2) is 32.5 Å². The second-order valence-corrected chi connectivity index (χ2v) is 5.44. The van der Waals surface area contributed by atoms with Gasteiger partial charge in [0.2, 0.25) is 0 Å². The molecule has 0 aromatic heterocycles. The van der Waals surface area contributed by atoms with Crippen LogP contribution in [0, 0.1) is 6.92 Å². The number of rotatable bonds is 6. The van der Waals surface area contributed by atoms with E-state index in [4.69, 9.17) is 9.47 Å². The fraction of sp³-hybridized carbons (Fsp3) is 0.625. The van der Waals surface area contributed by atoms with E-state index in [1.54, 1.807) is 7.11 Å². The quantitative estimate of drug-likeness (QED) is 0.856. The highest BCUT2D eigenvalue weighted by atomic mass is 16.5. The Hall–Kier alpha value is -0.900. The lowest BCUT2D eigenvalue weighted by molar-refractivity contribution is -0.0176. The number of benzene rings is 1. The van der Waals surface area contributed by atoms with Gasteiger partial charge < -0.3 is 14.8 Å². The number of ether oxygens (including phenoxy) is 2. The monoisotopic (exact) mass is 263 g/mol. The molecule has 0 aliphatic carbocycles. The predicted octanol–water partition coefficient (Wildman–Crippen LogP) is 2.84. The molecule has 0 bridgehead atoms. The molecular formula is C16H25NO2.